The Kier molecular flexibility index (Phi) is 7.15. The van der Waals surface area contributed by atoms with Crippen molar-refractivity contribution in [1.82, 2.24) is 5.32 Å². The number of rotatable bonds is 7. The lowest BCUT2D eigenvalue weighted by Gasteiger charge is -2.17. The van der Waals surface area contributed by atoms with Gasteiger partial charge in [0.25, 0.3) is 5.91 Å². The van der Waals surface area contributed by atoms with E-state index in [2.05, 4.69) is 5.32 Å². The van der Waals surface area contributed by atoms with Gasteiger partial charge in [-0.25, -0.2) is 4.79 Å². The Hall–Kier alpha value is -2.88. The maximum Gasteiger partial charge on any atom is 0.331 e. The van der Waals surface area contributed by atoms with Crippen LogP contribution in [-0.4, -0.2) is 18.5 Å². The minimum absolute atomic E-state index is 0.0927. The first kappa shape index (κ1) is 19.4. The van der Waals surface area contributed by atoms with E-state index in [1.54, 1.807) is 6.08 Å². The number of nitrogens with one attached hydrogen (secondary N) is 1. The normalized spacial score (nSPS) is 12.0. The second kappa shape index (κ2) is 9.56. The third-order valence-electron chi connectivity index (χ3n) is 4.06. The predicted octanol–water partition coefficient (Wildman–Crippen LogP) is 4.13. The Bertz CT molecular complexity index is 761. The molecule has 0 radical (unpaired) electrons. The van der Waals surface area contributed by atoms with Crippen LogP contribution in [-0.2, 0) is 14.3 Å². The molecule has 26 heavy (non-hydrogen) atoms. The van der Waals surface area contributed by atoms with Crippen molar-refractivity contribution in [2.45, 2.75) is 33.2 Å². The molecule has 1 amide bonds. The number of esters is 1. The fourth-order valence-corrected chi connectivity index (χ4v) is 2.48. The summed E-state index contributed by atoms with van der Waals surface area (Å²) in [6, 6.07) is 15.7. The highest BCUT2D eigenvalue weighted by Crippen LogP contribution is 2.17. The fraction of sp³-hybridized carbons (Fsp3) is 0.273. The van der Waals surface area contributed by atoms with Gasteiger partial charge in [0.15, 0.2) is 6.61 Å². The van der Waals surface area contributed by atoms with Gasteiger partial charge in [0.1, 0.15) is 0 Å². The zero-order chi connectivity index (χ0) is 18.9. The Morgan fingerprint density at radius 1 is 1.00 bits per heavy atom. The second-order valence-electron chi connectivity index (χ2n) is 6.29. The van der Waals surface area contributed by atoms with Gasteiger partial charge in [-0.05, 0) is 37.5 Å². The van der Waals surface area contributed by atoms with E-state index >= 15 is 0 Å². The maximum absolute atomic E-state index is 12.1. The summed E-state index contributed by atoms with van der Waals surface area (Å²) in [5, 5.41) is 2.90. The molecule has 0 aliphatic rings. The van der Waals surface area contributed by atoms with Gasteiger partial charge < -0.3 is 10.1 Å². The highest BCUT2D eigenvalue weighted by Gasteiger charge is 2.13. The molecule has 0 unspecified atom stereocenters. The Morgan fingerprint density at radius 3 is 2.15 bits per heavy atom. The molecular weight excluding hydrogens is 326 g/mol. The largest absolute Gasteiger partial charge is 0.452 e. The summed E-state index contributed by atoms with van der Waals surface area (Å²) >= 11 is 0. The minimum Gasteiger partial charge on any atom is -0.452 e. The van der Waals surface area contributed by atoms with Gasteiger partial charge >= 0.3 is 5.97 Å². The van der Waals surface area contributed by atoms with E-state index in [0.717, 1.165) is 23.1 Å². The minimum atomic E-state index is -0.538. The number of amides is 1. The lowest BCUT2D eigenvalue weighted by atomic mass is 10.0. The summed E-state index contributed by atoms with van der Waals surface area (Å²) in [6.45, 7) is 5.73. The SMILES string of the molecule is CC[C@@H](NC(=O)COC(=O)/C=C/c1ccc(C)cc1)c1ccc(C)cc1. The van der Waals surface area contributed by atoms with Crippen LogP contribution in [0.5, 0.6) is 0 Å². The highest BCUT2D eigenvalue weighted by atomic mass is 16.5. The lowest BCUT2D eigenvalue weighted by Crippen LogP contribution is -2.32. The first-order valence-electron chi connectivity index (χ1n) is 8.75. The molecule has 0 fully saturated rings. The van der Waals surface area contributed by atoms with E-state index in [1.165, 1.54) is 11.6 Å². The van der Waals surface area contributed by atoms with Crippen molar-refractivity contribution >= 4 is 18.0 Å². The molecule has 1 N–H and O–H groups in total. The van der Waals surface area contributed by atoms with E-state index < -0.39 is 5.97 Å². The van der Waals surface area contributed by atoms with Crippen molar-refractivity contribution < 1.29 is 14.3 Å². The lowest BCUT2D eigenvalue weighted by molar-refractivity contribution is -0.144. The summed E-state index contributed by atoms with van der Waals surface area (Å²) in [6.07, 6.45) is 3.76. The standard InChI is InChI=1S/C22H25NO3/c1-4-20(19-12-7-17(3)8-13-19)23-21(24)15-26-22(25)14-11-18-9-5-16(2)6-10-18/h5-14,20H,4,15H2,1-3H3,(H,23,24)/b14-11+/t20-/m1/s1. The molecular formula is C22H25NO3. The molecule has 2 aromatic rings. The van der Waals surface area contributed by atoms with Crippen LogP contribution in [0.2, 0.25) is 0 Å². The van der Waals surface area contributed by atoms with Crippen molar-refractivity contribution in [3.8, 4) is 0 Å². The maximum atomic E-state index is 12.1. The molecule has 2 rings (SSSR count). The molecule has 0 aromatic heterocycles. The van der Waals surface area contributed by atoms with Crippen LogP contribution in [0.25, 0.3) is 6.08 Å². The zero-order valence-electron chi connectivity index (χ0n) is 15.5. The molecule has 2 aromatic carbocycles. The Morgan fingerprint density at radius 2 is 1.58 bits per heavy atom. The number of ether oxygens (including phenoxy) is 1. The van der Waals surface area contributed by atoms with E-state index in [1.807, 2.05) is 69.3 Å². The van der Waals surface area contributed by atoms with Crippen molar-refractivity contribution in [2.75, 3.05) is 6.61 Å². The van der Waals surface area contributed by atoms with Crippen LogP contribution in [0.1, 0.15) is 41.6 Å². The molecule has 0 saturated heterocycles. The number of benzene rings is 2. The zero-order valence-corrected chi connectivity index (χ0v) is 15.5. The summed E-state index contributed by atoms with van der Waals surface area (Å²) in [5.41, 5.74) is 4.27. The number of carbonyl (C=O) groups is 2. The van der Waals surface area contributed by atoms with Crippen molar-refractivity contribution in [3.05, 3.63) is 76.9 Å². The number of hydrogen-bond acceptors (Lipinski definition) is 3. The smallest absolute Gasteiger partial charge is 0.331 e. The second-order valence-corrected chi connectivity index (χ2v) is 6.29. The van der Waals surface area contributed by atoms with Crippen LogP contribution in [0.4, 0.5) is 0 Å². The first-order valence-corrected chi connectivity index (χ1v) is 8.75. The average molecular weight is 351 g/mol. The van der Waals surface area contributed by atoms with Crippen molar-refractivity contribution in [2.24, 2.45) is 0 Å². The fourth-order valence-electron chi connectivity index (χ4n) is 2.48. The number of aryl methyl sites for hydroxylation is 2. The van der Waals surface area contributed by atoms with Crippen molar-refractivity contribution in [1.29, 1.82) is 0 Å². The average Bonchev–Trinajstić information content (AvgIpc) is 2.65. The van der Waals surface area contributed by atoms with E-state index in [-0.39, 0.29) is 18.6 Å². The monoisotopic (exact) mass is 351 g/mol. The molecule has 0 aliphatic heterocycles. The van der Waals surface area contributed by atoms with Crippen LogP contribution in [0.15, 0.2) is 54.6 Å². The summed E-state index contributed by atoms with van der Waals surface area (Å²) in [5.74, 6) is -0.848. The van der Waals surface area contributed by atoms with Gasteiger partial charge in [-0.3, -0.25) is 4.79 Å². The van der Waals surface area contributed by atoms with Gasteiger partial charge in [0.2, 0.25) is 0 Å². The topological polar surface area (TPSA) is 55.4 Å². The molecule has 0 saturated carbocycles. The van der Waals surface area contributed by atoms with Crippen LogP contribution < -0.4 is 5.32 Å². The van der Waals surface area contributed by atoms with E-state index in [9.17, 15) is 9.59 Å². The molecule has 0 spiro atoms. The van der Waals surface area contributed by atoms with Gasteiger partial charge in [0, 0.05) is 6.08 Å². The van der Waals surface area contributed by atoms with Gasteiger partial charge in [-0.15, -0.1) is 0 Å². The van der Waals surface area contributed by atoms with Gasteiger partial charge in [-0.1, -0.05) is 66.6 Å². The molecule has 0 bridgehead atoms. The summed E-state index contributed by atoms with van der Waals surface area (Å²) in [7, 11) is 0. The van der Waals surface area contributed by atoms with E-state index in [4.69, 9.17) is 4.74 Å². The quantitative estimate of drug-likeness (QED) is 0.603. The number of hydrogen-bond donors (Lipinski definition) is 1. The molecule has 0 aliphatic carbocycles. The van der Waals surface area contributed by atoms with Crippen LogP contribution in [0, 0.1) is 13.8 Å². The molecule has 1 atom stereocenters. The van der Waals surface area contributed by atoms with Gasteiger partial charge in [0.05, 0.1) is 6.04 Å². The van der Waals surface area contributed by atoms with Crippen LogP contribution in [0.3, 0.4) is 0 Å². The first-order chi connectivity index (χ1) is 12.5. The van der Waals surface area contributed by atoms with E-state index in [0.29, 0.717) is 0 Å². The third kappa shape index (κ3) is 6.20. The molecule has 4 heteroatoms. The third-order valence-corrected chi connectivity index (χ3v) is 4.06. The molecule has 136 valence electrons. The summed E-state index contributed by atoms with van der Waals surface area (Å²) in [4.78, 5) is 23.8. The molecule has 0 heterocycles. The Labute approximate surface area is 154 Å². The highest BCUT2D eigenvalue weighted by molar-refractivity contribution is 5.89. The van der Waals surface area contributed by atoms with Gasteiger partial charge in [-0.2, -0.15) is 0 Å². The van der Waals surface area contributed by atoms with Crippen molar-refractivity contribution in [3.63, 3.8) is 0 Å². The van der Waals surface area contributed by atoms with Crippen LogP contribution >= 0.6 is 0 Å². The Balaban J connectivity index is 1.82. The predicted molar refractivity (Wildman–Crippen MR) is 104 cm³/mol. The molecule has 4 nitrogen and oxygen atoms in total. The summed E-state index contributed by atoms with van der Waals surface area (Å²) < 4.78 is 5.01. The number of carbonyl (C=O) groups excluding carboxylic acids is 2.